The van der Waals surface area contributed by atoms with Crippen LogP contribution in [0.25, 0.3) is 0 Å². The maximum Gasteiger partial charge on any atom is 0.325 e. The van der Waals surface area contributed by atoms with Gasteiger partial charge in [0.15, 0.2) is 11.5 Å². The first-order valence-electron chi connectivity index (χ1n) is 7.95. The Morgan fingerprint density at radius 3 is 3.00 bits per heavy atom. The summed E-state index contributed by atoms with van der Waals surface area (Å²) in [5.41, 5.74) is 1.81. The normalized spacial score (nSPS) is 15.5. The minimum atomic E-state index is -0.558. The first-order valence-corrected chi connectivity index (χ1v) is 8.83. The molecule has 1 aromatic heterocycles. The molecule has 0 fully saturated rings. The van der Waals surface area contributed by atoms with E-state index >= 15 is 0 Å². The van der Waals surface area contributed by atoms with Gasteiger partial charge in [0.1, 0.15) is 0 Å². The van der Waals surface area contributed by atoms with Gasteiger partial charge in [-0.2, -0.15) is 0 Å². The number of anilines is 1. The van der Waals surface area contributed by atoms with E-state index in [1.54, 1.807) is 29.5 Å². The number of thiophene rings is 1. The summed E-state index contributed by atoms with van der Waals surface area (Å²) in [5.74, 6) is 0.890. The number of nitrogens with one attached hydrogen (secondary N) is 2. The maximum absolute atomic E-state index is 12.1. The largest absolute Gasteiger partial charge is 0.454 e. The molecule has 3 amide bonds. The van der Waals surface area contributed by atoms with Gasteiger partial charge in [0.25, 0.3) is 0 Å². The van der Waals surface area contributed by atoms with Gasteiger partial charge >= 0.3 is 6.03 Å². The average Bonchev–Trinajstić information content (AvgIpc) is 3.22. The van der Waals surface area contributed by atoms with Crippen molar-refractivity contribution in [2.24, 2.45) is 0 Å². The van der Waals surface area contributed by atoms with Gasteiger partial charge in [-0.3, -0.25) is 15.0 Å². The van der Waals surface area contributed by atoms with Crippen LogP contribution in [0.2, 0.25) is 0 Å². The Labute approximate surface area is 148 Å². The molecular weight excluding hydrogens is 342 g/mol. The van der Waals surface area contributed by atoms with Crippen LogP contribution in [0.15, 0.2) is 29.6 Å². The van der Waals surface area contributed by atoms with Crippen molar-refractivity contribution in [3.8, 4) is 11.5 Å². The molecule has 2 aromatic rings. The van der Waals surface area contributed by atoms with Crippen molar-refractivity contribution in [3.63, 3.8) is 0 Å². The predicted octanol–water partition coefficient (Wildman–Crippen LogP) is 2.18. The number of amides is 3. The first kappa shape index (κ1) is 15.9. The third kappa shape index (κ3) is 3.59. The molecule has 0 saturated carbocycles. The van der Waals surface area contributed by atoms with Gasteiger partial charge in [-0.1, -0.05) is 0 Å². The number of hydrogen-bond acceptors (Lipinski definition) is 6. The molecule has 2 aliphatic heterocycles. The van der Waals surface area contributed by atoms with Crippen LogP contribution < -0.4 is 20.1 Å². The standard InChI is InChI=1S/C17H17N3O4S/c21-16(9-20-5-3-15-11(8-20)4-6-25-15)19-17(22)18-12-1-2-13-14(7-12)24-10-23-13/h1-2,4,6-7H,3,5,8-10H2,(H2,18,19,21,22). The van der Waals surface area contributed by atoms with E-state index in [-0.39, 0.29) is 19.2 Å². The lowest BCUT2D eigenvalue weighted by atomic mass is 10.1. The van der Waals surface area contributed by atoms with Gasteiger partial charge in [0.2, 0.25) is 12.7 Å². The molecule has 25 heavy (non-hydrogen) atoms. The van der Waals surface area contributed by atoms with Crippen molar-refractivity contribution in [1.29, 1.82) is 0 Å². The molecule has 2 N–H and O–H groups in total. The summed E-state index contributed by atoms with van der Waals surface area (Å²) in [7, 11) is 0. The summed E-state index contributed by atoms with van der Waals surface area (Å²) in [6, 6.07) is 6.61. The van der Waals surface area contributed by atoms with Crippen LogP contribution in [0.4, 0.5) is 10.5 Å². The molecule has 0 spiro atoms. The lowest BCUT2D eigenvalue weighted by molar-refractivity contribution is -0.121. The Balaban J connectivity index is 1.28. The highest BCUT2D eigenvalue weighted by molar-refractivity contribution is 7.10. The minimum absolute atomic E-state index is 0.172. The van der Waals surface area contributed by atoms with E-state index in [0.29, 0.717) is 17.2 Å². The topological polar surface area (TPSA) is 79.9 Å². The number of ether oxygens (including phenoxy) is 2. The SMILES string of the molecule is O=C(CN1CCc2sccc2C1)NC(=O)Nc1ccc2c(c1)OCO2. The van der Waals surface area contributed by atoms with Gasteiger partial charge < -0.3 is 14.8 Å². The van der Waals surface area contributed by atoms with Gasteiger partial charge in [0, 0.05) is 29.7 Å². The maximum atomic E-state index is 12.1. The molecule has 2 aliphatic rings. The van der Waals surface area contributed by atoms with E-state index in [9.17, 15) is 9.59 Å². The number of urea groups is 1. The van der Waals surface area contributed by atoms with Gasteiger partial charge in [-0.05, 0) is 35.6 Å². The molecular formula is C17H17N3O4S. The number of benzene rings is 1. The van der Waals surface area contributed by atoms with E-state index in [0.717, 1.165) is 19.5 Å². The molecule has 0 saturated heterocycles. The fraction of sp³-hybridized carbons (Fsp3) is 0.294. The zero-order chi connectivity index (χ0) is 17.2. The lowest BCUT2D eigenvalue weighted by Crippen LogP contribution is -2.43. The molecule has 8 heteroatoms. The highest BCUT2D eigenvalue weighted by Gasteiger charge is 2.20. The van der Waals surface area contributed by atoms with E-state index in [2.05, 4.69) is 22.1 Å². The molecule has 0 unspecified atom stereocenters. The lowest BCUT2D eigenvalue weighted by Gasteiger charge is -2.25. The van der Waals surface area contributed by atoms with E-state index in [4.69, 9.17) is 9.47 Å². The summed E-state index contributed by atoms with van der Waals surface area (Å²) in [5, 5.41) is 7.07. The Kier molecular flexibility index (Phi) is 4.29. The minimum Gasteiger partial charge on any atom is -0.454 e. The van der Waals surface area contributed by atoms with Crippen LogP contribution in [0.3, 0.4) is 0 Å². The Bertz CT molecular complexity index is 820. The molecule has 0 aliphatic carbocycles. The second-order valence-corrected chi connectivity index (χ2v) is 6.90. The molecule has 1 aromatic carbocycles. The molecule has 0 atom stereocenters. The Morgan fingerprint density at radius 2 is 2.08 bits per heavy atom. The molecule has 0 radical (unpaired) electrons. The number of carbonyl (C=O) groups is 2. The van der Waals surface area contributed by atoms with Gasteiger partial charge in [0.05, 0.1) is 6.54 Å². The zero-order valence-corrected chi connectivity index (χ0v) is 14.2. The van der Waals surface area contributed by atoms with Crippen LogP contribution in [0.1, 0.15) is 10.4 Å². The summed E-state index contributed by atoms with van der Waals surface area (Å²) in [6.07, 6.45) is 0.948. The summed E-state index contributed by atoms with van der Waals surface area (Å²) in [4.78, 5) is 27.5. The van der Waals surface area contributed by atoms with Crippen molar-refractivity contribution in [3.05, 3.63) is 40.1 Å². The Hall–Kier alpha value is -2.58. The highest BCUT2D eigenvalue weighted by atomic mass is 32.1. The van der Waals surface area contributed by atoms with Crippen molar-refractivity contribution in [2.45, 2.75) is 13.0 Å². The summed E-state index contributed by atoms with van der Waals surface area (Å²) < 4.78 is 10.5. The van der Waals surface area contributed by atoms with E-state index in [1.807, 2.05) is 4.90 Å². The van der Waals surface area contributed by atoms with Crippen LogP contribution in [0.5, 0.6) is 11.5 Å². The third-order valence-corrected chi connectivity index (χ3v) is 5.16. The summed E-state index contributed by atoms with van der Waals surface area (Å²) >= 11 is 1.76. The molecule has 0 bridgehead atoms. The Morgan fingerprint density at radius 1 is 1.20 bits per heavy atom. The third-order valence-electron chi connectivity index (χ3n) is 4.14. The number of imide groups is 1. The van der Waals surface area contributed by atoms with Crippen LogP contribution >= 0.6 is 11.3 Å². The molecule has 3 heterocycles. The number of carbonyl (C=O) groups excluding carboxylic acids is 2. The predicted molar refractivity (Wildman–Crippen MR) is 93.0 cm³/mol. The number of rotatable bonds is 3. The van der Waals surface area contributed by atoms with Crippen molar-refractivity contribution >= 4 is 29.0 Å². The average molecular weight is 359 g/mol. The second kappa shape index (κ2) is 6.73. The number of fused-ring (bicyclic) bond motifs is 2. The van der Waals surface area contributed by atoms with Crippen LogP contribution in [0, 0.1) is 0 Å². The first-order chi connectivity index (χ1) is 12.2. The van der Waals surface area contributed by atoms with Crippen molar-refractivity contribution in [2.75, 3.05) is 25.2 Å². The van der Waals surface area contributed by atoms with Crippen molar-refractivity contribution < 1.29 is 19.1 Å². The second-order valence-electron chi connectivity index (χ2n) is 5.90. The van der Waals surface area contributed by atoms with E-state index < -0.39 is 6.03 Å². The van der Waals surface area contributed by atoms with Gasteiger partial charge in [-0.25, -0.2) is 4.79 Å². The quantitative estimate of drug-likeness (QED) is 0.878. The molecule has 4 rings (SSSR count). The zero-order valence-electron chi connectivity index (χ0n) is 13.4. The van der Waals surface area contributed by atoms with Crippen LogP contribution in [-0.4, -0.2) is 36.7 Å². The fourth-order valence-electron chi connectivity index (χ4n) is 2.95. The van der Waals surface area contributed by atoms with Crippen LogP contribution in [-0.2, 0) is 17.8 Å². The highest BCUT2D eigenvalue weighted by Crippen LogP contribution is 2.34. The molecule has 130 valence electrons. The van der Waals surface area contributed by atoms with Gasteiger partial charge in [-0.15, -0.1) is 11.3 Å². The number of nitrogens with zero attached hydrogens (tertiary/aromatic N) is 1. The van der Waals surface area contributed by atoms with Crippen molar-refractivity contribution in [1.82, 2.24) is 10.2 Å². The fourth-order valence-corrected chi connectivity index (χ4v) is 3.84. The smallest absolute Gasteiger partial charge is 0.325 e. The monoisotopic (exact) mass is 359 g/mol. The van der Waals surface area contributed by atoms with E-state index in [1.165, 1.54) is 10.4 Å². The molecule has 7 nitrogen and oxygen atoms in total. The number of hydrogen-bond donors (Lipinski definition) is 2. The summed E-state index contributed by atoms with van der Waals surface area (Å²) in [6.45, 7) is 1.94.